The molecule has 2 fully saturated rings. The van der Waals surface area contributed by atoms with Crippen LogP contribution in [0.15, 0.2) is 49.1 Å². The molecule has 4 heterocycles. The summed E-state index contributed by atoms with van der Waals surface area (Å²) in [6, 6.07) is 8.07. The fraction of sp³-hybridized carbons (Fsp3) is 0.538. The summed E-state index contributed by atoms with van der Waals surface area (Å²) >= 11 is 0. The molecule has 34 heavy (non-hydrogen) atoms. The Kier molecular flexibility index (Phi) is 9.84. The smallest absolute Gasteiger partial charge is 0.203 e. The van der Waals surface area contributed by atoms with Crippen LogP contribution in [0.2, 0.25) is 0 Å². The molecule has 180 valence electrons. The number of nitrogens with zero attached hydrogens (tertiary/aromatic N) is 7. The van der Waals surface area contributed by atoms with Gasteiger partial charge in [-0.1, -0.05) is 44.9 Å². The Bertz CT molecular complexity index is 842. The van der Waals surface area contributed by atoms with Crippen LogP contribution in [0.3, 0.4) is 0 Å². The molecule has 1 aliphatic carbocycles. The molecule has 1 saturated carbocycles. The largest absolute Gasteiger partial charge is 0.265 e. The molecule has 0 atom stereocenters. The number of hydrogen-bond donors (Lipinski definition) is 1. The van der Waals surface area contributed by atoms with E-state index in [4.69, 9.17) is 0 Å². The van der Waals surface area contributed by atoms with Gasteiger partial charge < -0.3 is 0 Å². The zero-order chi connectivity index (χ0) is 23.3. The molecule has 1 saturated heterocycles. The van der Waals surface area contributed by atoms with Crippen LogP contribution >= 0.6 is 0 Å². The van der Waals surface area contributed by atoms with Crippen molar-refractivity contribution in [3.63, 3.8) is 0 Å². The molecule has 3 aromatic rings. The number of nitrogens with one attached hydrogen (secondary N) is 1. The highest BCUT2D eigenvalue weighted by molar-refractivity contribution is 5.55. The van der Waals surface area contributed by atoms with Crippen LogP contribution in [0, 0.1) is 0 Å². The molecule has 2 aliphatic rings. The van der Waals surface area contributed by atoms with Gasteiger partial charge in [0.2, 0.25) is 11.6 Å². The molecular weight excluding hydrogens is 424 g/mol. The monoisotopic (exact) mass is 460 g/mol. The minimum atomic E-state index is 0.482. The third-order valence-corrected chi connectivity index (χ3v) is 6.51. The number of pyridine rings is 2. The predicted octanol–water partition coefficient (Wildman–Crippen LogP) is 4.87. The van der Waals surface area contributed by atoms with E-state index in [0.29, 0.717) is 11.6 Å². The highest BCUT2D eigenvalue weighted by Crippen LogP contribution is 2.21. The van der Waals surface area contributed by atoms with Gasteiger partial charge >= 0.3 is 0 Å². The molecular formula is C26H36N8. The van der Waals surface area contributed by atoms with E-state index in [0.717, 1.165) is 17.2 Å². The van der Waals surface area contributed by atoms with Crippen molar-refractivity contribution in [1.29, 1.82) is 0 Å². The van der Waals surface area contributed by atoms with Gasteiger partial charge in [0, 0.05) is 55.0 Å². The minimum Gasteiger partial charge on any atom is -0.265 e. The minimum absolute atomic E-state index is 0.482. The Balaban J connectivity index is 0.000000162. The average molecular weight is 461 g/mol. The van der Waals surface area contributed by atoms with Crippen LogP contribution in [0.25, 0.3) is 22.8 Å². The Morgan fingerprint density at radius 1 is 0.588 bits per heavy atom. The average Bonchev–Trinajstić information content (AvgIpc) is 2.86. The third kappa shape index (κ3) is 7.60. The fourth-order valence-corrected chi connectivity index (χ4v) is 4.58. The van der Waals surface area contributed by atoms with E-state index in [1.54, 1.807) is 24.8 Å². The van der Waals surface area contributed by atoms with Crippen LogP contribution < -0.4 is 5.43 Å². The van der Waals surface area contributed by atoms with Gasteiger partial charge in [-0.15, -0.1) is 20.4 Å². The standard InChI is InChI=1S/C14H28N2.C12H8N6/c1-2-6-10-14(11-7-3-1)16-13-9-5-4-8-12-15-16;1-5-13-6-2-9(1)11-15-17-12(18-16-11)10-3-7-14-8-4-10/h14-15H,1-13H2;1-8H. The van der Waals surface area contributed by atoms with Crippen LogP contribution in [0.4, 0.5) is 0 Å². The maximum Gasteiger partial charge on any atom is 0.203 e. The van der Waals surface area contributed by atoms with Crippen molar-refractivity contribution in [2.45, 2.75) is 76.7 Å². The predicted molar refractivity (Wildman–Crippen MR) is 133 cm³/mol. The fourth-order valence-electron chi connectivity index (χ4n) is 4.58. The normalized spacial score (nSPS) is 18.5. The SMILES string of the molecule is C1CCCC(N2CCCCCCN2)CCC1.c1cc(-c2nnc(-c3ccncc3)nn2)ccn1. The van der Waals surface area contributed by atoms with Crippen LogP contribution in [0.1, 0.15) is 70.6 Å². The summed E-state index contributed by atoms with van der Waals surface area (Å²) in [5.41, 5.74) is 5.35. The lowest BCUT2D eigenvalue weighted by Crippen LogP contribution is -2.47. The first kappa shape index (κ1) is 24.3. The molecule has 8 nitrogen and oxygen atoms in total. The number of hydrazine groups is 1. The quantitative estimate of drug-likeness (QED) is 0.592. The van der Waals surface area contributed by atoms with Crippen LogP contribution in [-0.2, 0) is 0 Å². The Hall–Kier alpha value is -2.84. The molecule has 0 spiro atoms. The van der Waals surface area contributed by atoms with Crippen molar-refractivity contribution in [2.75, 3.05) is 13.1 Å². The highest BCUT2D eigenvalue weighted by Gasteiger charge is 2.19. The lowest BCUT2D eigenvalue weighted by molar-refractivity contribution is 0.0927. The molecule has 5 rings (SSSR count). The first-order chi connectivity index (χ1) is 16.9. The Morgan fingerprint density at radius 2 is 1.06 bits per heavy atom. The zero-order valence-corrected chi connectivity index (χ0v) is 20.0. The highest BCUT2D eigenvalue weighted by atomic mass is 15.5. The summed E-state index contributed by atoms with van der Waals surface area (Å²) in [7, 11) is 0. The lowest BCUT2D eigenvalue weighted by Gasteiger charge is -2.34. The second-order valence-electron chi connectivity index (χ2n) is 9.03. The second-order valence-corrected chi connectivity index (χ2v) is 9.03. The van der Waals surface area contributed by atoms with Gasteiger partial charge in [0.1, 0.15) is 0 Å². The van der Waals surface area contributed by atoms with E-state index in [9.17, 15) is 0 Å². The second kappa shape index (κ2) is 13.8. The molecule has 0 bridgehead atoms. The van der Waals surface area contributed by atoms with Gasteiger partial charge in [0.15, 0.2) is 0 Å². The molecule has 8 heteroatoms. The van der Waals surface area contributed by atoms with Gasteiger partial charge in [0.25, 0.3) is 0 Å². The number of aromatic nitrogens is 6. The van der Waals surface area contributed by atoms with Gasteiger partial charge in [-0.25, -0.2) is 5.01 Å². The van der Waals surface area contributed by atoms with Crippen molar-refractivity contribution >= 4 is 0 Å². The molecule has 1 aliphatic heterocycles. The zero-order valence-electron chi connectivity index (χ0n) is 20.0. The molecule has 1 N–H and O–H groups in total. The molecule has 0 radical (unpaired) electrons. The maximum atomic E-state index is 4.05. The van der Waals surface area contributed by atoms with E-state index in [1.165, 1.54) is 83.7 Å². The van der Waals surface area contributed by atoms with Crippen molar-refractivity contribution in [1.82, 2.24) is 40.8 Å². The van der Waals surface area contributed by atoms with E-state index in [1.807, 2.05) is 24.3 Å². The summed E-state index contributed by atoms with van der Waals surface area (Å²) in [4.78, 5) is 7.87. The number of rotatable bonds is 3. The van der Waals surface area contributed by atoms with E-state index in [2.05, 4.69) is 40.8 Å². The first-order valence-corrected chi connectivity index (χ1v) is 12.8. The van der Waals surface area contributed by atoms with Gasteiger partial charge in [-0.3, -0.25) is 15.4 Å². The van der Waals surface area contributed by atoms with Crippen LogP contribution in [-0.4, -0.2) is 54.5 Å². The third-order valence-electron chi connectivity index (χ3n) is 6.51. The maximum absolute atomic E-state index is 4.05. The molecule has 0 amide bonds. The number of hydrogen-bond acceptors (Lipinski definition) is 8. The molecule has 0 aromatic carbocycles. The van der Waals surface area contributed by atoms with Crippen molar-refractivity contribution in [3.8, 4) is 22.8 Å². The van der Waals surface area contributed by atoms with Crippen molar-refractivity contribution in [2.24, 2.45) is 0 Å². The lowest BCUT2D eigenvalue weighted by atomic mass is 9.96. The van der Waals surface area contributed by atoms with Gasteiger partial charge in [0.05, 0.1) is 0 Å². The Morgan fingerprint density at radius 3 is 1.62 bits per heavy atom. The van der Waals surface area contributed by atoms with Crippen LogP contribution in [0.5, 0.6) is 0 Å². The summed E-state index contributed by atoms with van der Waals surface area (Å²) in [5.74, 6) is 0.963. The molecule has 0 unspecified atom stereocenters. The molecule has 3 aromatic heterocycles. The van der Waals surface area contributed by atoms with E-state index in [-0.39, 0.29) is 0 Å². The Labute approximate surface area is 202 Å². The van der Waals surface area contributed by atoms with E-state index >= 15 is 0 Å². The topological polar surface area (TPSA) is 92.6 Å². The first-order valence-electron chi connectivity index (χ1n) is 12.8. The summed E-state index contributed by atoms with van der Waals surface area (Å²) in [6.07, 6.45) is 22.5. The van der Waals surface area contributed by atoms with Crippen molar-refractivity contribution < 1.29 is 0 Å². The van der Waals surface area contributed by atoms with Gasteiger partial charge in [-0.05, 0) is 49.9 Å². The summed E-state index contributed by atoms with van der Waals surface area (Å²) in [5, 5.41) is 18.8. The van der Waals surface area contributed by atoms with E-state index < -0.39 is 0 Å². The van der Waals surface area contributed by atoms with Crippen molar-refractivity contribution in [3.05, 3.63) is 49.1 Å². The summed E-state index contributed by atoms with van der Waals surface area (Å²) < 4.78 is 0. The summed E-state index contributed by atoms with van der Waals surface area (Å²) in [6.45, 7) is 2.49. The van der Waals surface area contributed by atoms with Gasteiger partial charge in [-0.2, -0.15) is 0 Å².